The Hall–Kier alpha value is -1.45. The van der Waals surface area contributed by atoms with Crippen molar-refractivity contribution in [2.75, 3.05) is 32.6 Å². The van der Waals surface area contributed by atoms with Crippen molar-refractivity contribution in [1.29, 1.82) is 0 Å². The summed E-state index contributed by atoms with van der Waals surface area (Å²) in [5, 5.41) is -0.305. The highest BCUT2D eigenvalue weighted by atomic mass is 32.2. The number of carbonyl (C=O) groups is 4. The van der Waals surface area contributed by atoms with Crippen molar-refractivity contribution in [3.8, 4) is 0 Å². The molecule has 25 heavy (non-hydrogen) atoms. The van der Waals surface area contributed by atoms with E-state index >= 15 is 0 Å². The molecular weight excluding hydrogens is 346 g/mol. The molecule has 3 amide bonds. The highest BCUT2D eigenvalue weighted by Gasteiger charge is 2.37. The second-order valence-corrected chi connectivity index (χ2v) is 6.69. The van der Waals surface area contributed by atoms with E-state index in [1.165, 1.54) is 16.7 Å². The van der Waals surface area contributed by atoms with Gasteiger partial charge in [0.15, 0.2) is 0 Å². The van der Waals surface area contributed by atoms with Crippen LogP contribution in [0.5, 0.6) is 0 Å². The number of ketones is 1. The Bertz CT molecular complexity index is 486. The minimum Gasteiger partial charge on any atom is -0.381 e. The molecule has 0 saturated carbocycles. The van der Waals surface area contributed by atoms with E-state index in [2.05, 4.69) is 10.9 Å². The minimum atomic E-state index is -0.305. The fourth-order valence-electron chi connectivity index (χ4n) is 2.32. The molecule has 1 aliphatic rings. The molecule has 0 aromatic rings. The zero-order valence-corrected chi connectivity index (χ0v) is 15.7. The molecule has 0 aromatic heterocycles. The van der Waals surface area contributed by atoms with Gasteiger partial charge in [-0.05, 0) is 12.7 Å². The highest BCUT2D eigenvalue weighted by Crippen LogP contribution is 2.23. The molecule has 1 fully saturated rings. The van der Waals surface area contributed by atoms with Crippen LogP contribution in [-0.2, 0) is 23.9 Å². The number of carbonyl (C=O) groups excluding carboxylic acids is 4. The molecule has 1 saturated heterocycles. The number of hydrazine groups is 1. The number of Topliss-reactive ketones (excluding diaryl/α,β-unsaturated/α-hetero) is 1. The predicted molar refractivity (Wildman–Crippen MR) is 94.8 cm³/mol. The van der Waals surface area contributed by atoms with Gasteiger partial charge in [-0.25, -0.2) is 5.43 Å². The van der Waals surface area contributed by atoms with Crippen molar-refractivity contribution >= 4 is 35.3 Å². The smallest absolute Gasteiger partial charge is 0.242 e. The molecule has 142 valence electrons. The quantitative estimate of drug-likeness (QED) is 0.271. The van der Waals surface area contributed by atoms with E-state index in [4.69, 9.17) is 4.74 Å². The second kappa shape index (κ2) is 12.0. The summed E-state index contributed by atoms with van der Waals surface area (Å²) >= 11 is 1.36. The van der Waals surface area contributed by atoms with Gasteiger partial charge in [-0.2, -0.15) is 11.8 Å². The molecule has 2 N–H and O–H groups in total. The van der Waals surface area contributed by atoms with Gasteiger partial charge in [0.05, 0.1) is 18.3 Å². The summed E-state index contributed by atoms with van der Waals surface area (Å²) < 4.78 is 5.31. The van der Waals surface area contributed by atoms with Crippen LogP contribution < -0.4 is 10.9 Å². The Balaban J connectivity index is 2.07. The number of nitrogens with zero attached hydrogens (tertiary/aromatic N) is 1. The highest BCUT2D eigenvalue weighted by molar-refractivity contribution is 8.00. The Kier molecular flexibility index (Phi) is 10.4. The first-order chi connectivity index (χ1) is 12.0. The number of hydrogen-bond donors (Lipinski definition) is 2. The first kappa shape index (κ1) is 21.6. The molecule has 0 bridgehead atoms. The molecule has 0 aromatic carbocycles. The lowest BCUT2D eigenvalue weighted by Crippen LogP contribution is -2.37. The average Bonchev–Trinajstić information content (AvgIpc) is 2.87. The third kappa shape index (κ3) is 7.98. The molecule has 0 radical (unpaired) electrons. The van der Waals surface area contributed by atoms with Crippen LogP contribution >= 0.6 is 11.8 Å². The first-order valence-corrected chi connectivity index (χ1v) is 9.76. The molecule has 9 heteroatoms. The van der Waals surface area contributed by atoms with Crippen molar-refractivity contribution in [3.05, 3.63) is 0 Å². The van der Waals surface area contributed by atoms with Crippen LogP contribution in [0, 0.1) is 0 Å². The third-order valence-electron chi connectivity index (χ3n) is 3.72. The maximum Gasteiger partial charge on any atom is 0.242 e. The van der Waals surface area contributed by atoms with Gasteiger partial charge in [0.2, 0.25) is 17.7 Å². The van der Waals surface area contributed by atoms with E-state index in [0.717, 1.165) is 0 Å². The van der Waals surface area contributed by atoms with Gasteiger partial charge in [0.1, 0.15) is 5.78 Å². The third-order valence-corrected chi connectivity index (χ3v) is 4.66. The molecule has 1 aliphatic heterocycles. The molecule has 1 heterocycles. The molecular formula is C16H27N3O5S. The summed E-state index contributed by atoms with van der Waals surface area (Å²) in [6.07, 6.45) is 3.37. The van der Waals surface area contributed by atoms with E-state index in [0.29, 0.717) is 32.6 Å². The molecule has 0 spiro atoms. The van der Waals surface area contributed by atoms with Crippen LogP contribution in [0.1, 0.15) is 39.0 Å². The number of nitrogens with one attached hydrogen (secondary N) is 2. The second-order valence-electron chi connectivity index (χ2n) is 5.65. The summed E-state index contributed by atoms with van der Waals surface area (Å²) in [4.78, 5) is 48.0. The summed E-state index contributed by atoms with van der Waals surface area (Å²) in [5.74, 6) is -0.524. The largest absolute Gasteiger partial charge is 0.381 e. The Morgan fingerprint density at radius 3 is 2.64 bits per heavy atom. The maximum atomic E-state index is 11.9. The maximum absolute atomic E-state index is 11.9. The zero-order valence-electron chi connectivity index (χ0n) is 14.8. The molecule has 1 unspecified atom stereocenters. The number of thioether (sulfide) groups is 1. The van der Waals surface area contributed by atoms with Gasteiger partial charge in [-0.15, -0.1) is 0 Å². The number of hydrogen-bond acceptors (Lipinski definition) is 7. The zero-order chi connectivity index (χ0) is 18.7. The van der Waals surface area contributed by atoms with E-state index in [9.17, 15) is 19.2 Å². The topological polar surface area (TPSA) is 105 Å². The number of rotatable bonds is 13. The van der Waals surface area contributed by atoms with E-state index in [1.807, 2.05) is 6.92 Å². The van der Waals surface area contributed by atoms with Gasteiger partial charge in [-0.1, -0.05) is 6.92 Å². The van der Waals surface area contributed by atoms with Crippen LogP contribution in [0.2, 0.25) is 0 Å². The molecule has 0 aliphatic carbocycles. The monoisotopic (exact) mass is 373 g/mol. The number of amides is 3. The van der Waals surface area contributed by atoms with Crippen molar-refractivity contribution < 1.29 is 23.9 Å². The van der Waals surface area contributed by atoms with Gasteiger partial charge in [-0.3, -0.25) is 29.5 Å². The fraction of sp³-hybridized carbons (Fsp3) is 0.750. The lowest BCUT2D eigenvalue weighted by molar-refractivity contribution is -0.138. The van der Waals surface area contributed by atoms with Crippen LogP contribution in [-0.4, -0.2) is 66.2 Å². The average molecular weight is 373 g/mol. The number of imide groups is 1. The summed E-state index contributed by atoms with van der Waals surface area (Å²) in [6, 6.07) is 0. The summed E-state index contributed by atoms with van der Waals surface area (Å²) in [7, 11) is 0. The van der Waals surface area contributed by atoms with E-state index < -0.39 is 0 Å². The Morgan fingerprint density at radius 1 is 1.24 bits per heavy atom. The predicted octanol–water partition coefficient (Wildman–Crippen LogP) is 0.264. The van der Waals surface area contributed by atoms with Gasteiger partial charge >= 0.3 is 0 Å². The normalized spacial score (nSPS) is 17.2. The lowest BCUT2D eigenvalue weighted by Gasteiger charge is -2.13. The molecule has 1 rings (SSSR count). The Labute approximate surface area is 152 Å². The lowest BCUT2D eigenvalue weighted by atomic mass is 10.1. The van der Waals surface area contributed by atoms with Gasteiger partial charge in [0, 0.05) is 39.0 Å². The van der Waals surface area contributed by atoms with Gasteiger partial charge in [0.25, 0.3) is 0 Å². The Morgan fingerprint density at radius 2 is 2.00 bits per heavy atom. The van der Waals surface area contributed by atoms with E-state index in [-0.39, 0.29) is 54.6 Å². The fourth-order valence-corrected chi connectivity index (χ4v) is 2.96. The number of ether oxygens (including phenoxy) is 1. The van der Waals surface area contributed by atoms with Crippen LogP contribution in [0.25, 0.3) is 0 Å². The standard InChI is InChI=1S/C16H27N3O5S/c1-3-17-18-14(21)7-10-24-9-4-5-12(20)6-8-19-15(22)11-13(25-2)16(19)23/h13,17H,3-11H2,1-2H3,(H,18,21). The molecule has 8 nitrogen and oxygen atoms in total. The number of likely N-dealkylation sites (tertiary alicyclic amines) is 1. The van der Waals surface area contributed by atoms with Crippen LogP contribution in [0.4, 0.5) is 0 Å². The van der Waals surface area contributed by atoms with Crippen molar-refractivity contribution in [1.82, 2.24) is 15.8 Å². The summed E-state index contributed by atoms with van der Waals surface area (Å²) in [6.45, 7) is 3.40. The SMILES string of the molecule is CCNNC(=O)CCOCCCC(=O)CCN1C(=O)CC(SC)C1=O. The summed E-state index contributed by atoms with van der Waals surface area (Å²) in [5.41, 5.74) is 5.23. The van der Waals surface area contributed by atoms with Gasteiger partial charge < -0.3 is 4.74 Å². The van der Waals surface area contributed by atoms with Crippen molar-refractivity contribution in [2.45, 2.75) is 44.3 Å². The van der Waals surface area contributed by atoms with Crippen LogP contribution in [0.3, 0.4) is 0 Å². The van der Waals surface area contributed by atoms with Crippen molar-refractivity contribution in [2.24, 2.45) is 0 Å². The van der Waals surface area contributed by atoms with Crippen LogP contribution in [0.15, 0.2) is 0 Å². The first-order valence-electron chi connectivity index (χ1n) is 8.47. The van der Waals surface area contributed by atoms with E-state index in [1.54, 1.807) is 6.26 Å². The van der Waals surface area contributed by atoms with Crippen molar-refractivity contribution in [3.63, 3.8) is 0 Å². The molecule has 1 atom stereocenters. The minimum absolute atomic E-state index is 0.00157.